The molecule has 0 atom stereocenters. The Bertz CT molecular complexity index is 205. The van der Waals surface area contributed by atoms with Gasteiger partial charge in [0.25, 0.3) is 0 Å². The van der Waals surface area contributed by atoms with Crippen LogP contribution in [0, 0.1) is 0 Å². The number of aliphatic carboxylic acids is 2. The van der Waals surface area contributed by atoms with Crippen LogP contribution in [0.2, 0.25) is 0 Å². The zero-order valence-corrected chi connectivity index (χ0v) is 13.0. The normalized spacial score (nSPS) is 9.09. The van der Waals surface area contributed by atoms with Gasteiger partial charge >= 0.3 is 11.9 Å². The van der Waals surface area contributed by atoms with E-state index in [4.69, 9.17) is 30.6 Å². The van der Waals surface area contributed by atoms with Gasteiger partial charge < -0.3 is 30.6 Å². The van der Waals surface area contributed by atoms with Crippen LogP contribution < -0.4 is 0 Å². The number of hydrogen-bond acceptors (Lipinski definition) is 6. The van der Waals surface area contributed by atoms with Crippen molar-refractivity contribution in [3.05, 3.63) is 0 Å². The maximum atomic E-state index is 10.1. The molecule has 0 amide bonds. The van der Waals surface area contributed by atoms with E-state index < -0.39 is 11.9 Å². The monoisotopic (exact) mass is 326 g/mol. The molecule has 0 spiro atoms. The predicted octanol–water partition coefficient (Wildman–Crippen LogP) is 0.218. The molecule has 0 aliphatic heterocycles. The molecule has 0 bridgehead atoms. The molecule has 6 N–H and O–H groups in total. The van der Waals surface area contributed by atoms with Crippen molar-refractivity contribution in [1.29, 1.82) is 0 Å². The van der Waals surface area contributed by atoms with Crippen molar-refractivity contribution in [2.75, 3.05) is 26.4 Å². The molecule has 0 radical (unpaired) electrons. The number of rotatable bonds is 11. The number of hydrogen-bond donors (Lipinski definition) is 6. The molecule has 0 unspecified atom stereocenters. The van der Waals surface area contributed by atoms with E-state index in [9.17, 15) is 9.59 Å². The van der Waals surface area contributed by atoms with Crippen LogP contribution in [0.5, 0.6) is 0 Å². The summed E-state index contributed by atoms with van der Waals surface area (Å²) in [6, 6.07) is 0. The van der Waals surface area contributed by atoms with E-state index in [-0.39, 0.29) is 39.3 Å². The largest absolute Gasteiger partial charge is 0.481 e. The Morgan fingerprint density at radius 1 is 0.500 bits per heavy atom. The second-order valence-electron chi connectivity index (χ2n) is 4.30. The Kier molecular flexibility index (Phi) is 29.0. The van der Waals surface area contributed by atoms with Crippen molar-refractivity contribution < 1.29 is 40.2 Å². The first-order valence-electron chi connectivity index (χ1n) is 7.33. The van der Waals surface area contributed by atoms with E-state index >= 15 is 0 Å². The molecule has 0 saturated carbocycles. The highest BCUT2D eigenvalue weighted by atomic mass is 16.4. The number of carbonyl (C=O) groups is 2. The van der Waals surface area contributed by atoms with Crippen molar-refractivity contribution in [3.63, 3.8) is 0 Å². The van der Waals surface area contributed by atoms with Crippen LogP contribution in [0.25, 0.3) is 0 Å². The molecule has 0 aliphatic carbocycles. The maximum Gasteiger partial charge on any atom is 0.303 e. The maximum absolute atomic E-state index is 10.1. The van der Waals surface area contributed by atoms with Gasteiger partial charge in [0, 0.05) is 12.8 Å². The molecular formula is C14H30O8. The predicted molar refractivity (Wildman–Crippen MR) is 80.6 cm³/mol. The molecule has 8 nitrogen and oxygen atoms in total. The molecule has 8 heteroatoms. The fourth-order valence-corrected chi connectivity index (χ4v) is 1.26. The summed E-state index contributed by atoms with van der Waals surface area (Å²) in [6.07, 6.45) is 5.82. The first-order valence-corrected chi connectivity index (χ1v) is 7.33. The smallest absolute Gasteiger partial charge is 0.303 e. The van der Waals surface area contributed by atoms with Crippen LogP contribution in [-0.2, 0) is 9.59 Å². The minimum absolute atomic E-state index is 0.125. The van der Waals surface area contributed by atoms with E-state index in [0.29, 0.717) is 0 Å². The third-order valence-corrected chi connectivity index (χ3v) is 2.23. The molecule has 0 saturated heterocycles. The summed E-state index contributed by atoms with van der Waals surface area (Å²) in [5, 5.41) is 47.2. The number of carboxylic acid groups (broad SMARTS) is 2. The van der Waals surface area contributed by atoms with Crippen LogP contribution in [0.15, 0.2) is 0 Å². The fraction of sp³-hybridized carbons (Fsp3) is 0.857. The molecule has 0 aliphatic rings. The van der Waals surface area contributed by atoms with Gasteiger partial charge in [0.1, 0.15) is 0 Å². The highest BCUT2D eigenvalue weighted by Gasteiger charge is 1.98. The number of aliphatic hydroxyl groups is 4. The molecule has 0 aromatic heterocycles. The quantitative estimate of drug-likeness (QED) is 0.294. The fourth-order valence-electron chi connectivity index (χ4n) is 1.26. The van der Waals surface area contributed by atoms with E-state index in [1.807, 2.05) is 0 Å². The Morgan fingerprint density at radius 3 is 0.909 bits per heavy atom. The molecule has 0 aromatic rings. The molecule has 0 fully saturated rings. The van der Waals surface area contributed by atoms with E-state index in [1.54, 1.807) is 0 Å². The van der Waals surface area contributed by atoms with Gasteiger partial charge in [-0.25, -0.2) is 0 Å². The van der Waals surface area contributed by atoms with Crippen molar-refractivity contribution in [3.8, 4) is 0 Å². The Labute approximate surface area is 131 Å². The van der Waals surface area contributed by atoms with Gasteiger partial charge in [0.15, 0.2) is 0 Å². The van der Waals surface area contributed by atoms with Gasteiger partial charge in [0.2, 0.25) is 0 Å². The summed E-state index contributed by atoms with van der Waals surface area (Å²) in [5.74, 6) is -1.48. The SMILES string of the molecule is O=C(O)CCCCCCCCC(=O)O.OCCO.OCCO. The van der Waals surface area contributed by atoms with Crippen LogP contribution in [0.3, 0.4) is 0 Å². The topological polar surface area (TPSA) is 156 Å². The van der Waals surface area contributed by atoms with Crippen molar-refractivity contribution >= 4 is 11.9 Å². The summed E-state index contributed by atoms with van der Waals surface area (Å²) < 4.78 is 0. The lowest BCUT2D eigenvalue weighted by atomic mass is 10.1. The van der Waals surface area contributed by atoms with Crippen LogP contribution in [0.1, 0.15) is 51.4 Å². The number of carboxylic acids is 2. The second kappa shape index (κ2) is 24.8. The lowest BCUT2D eigenvalue weighted by Gasteiger charge is -1.98. The standard InChI is InChI=1S/C10H18O4.2C2H6O2/c11-9(12)7-5-3-1-2-4-6-8-10(13)14;2*3-1-2-4/h1-8H2,(H,11,12)(H,13,14);2*3-4H,1-2H2. The van der Waals surface area contributed by atoms with Gasteiger partial charge in [-0.15, -0.1) is 0 Å². The lowest BCUT2D eigenvalue weighted by Crippen LogP contribution is -1.94. The van der Waals surface area contributed by atoms with Gasteiger partial charge in [-0.2, -0.15) is 0 Å². The van der Waals surface area contributed by atoms with Crippen LogP contribution >= 0.6 is 0 Å². The average molecular weight is 326 g/mol. The van der Waals surface area contributed by atoms with Crippen molar-refractivity contribution in [2.24, 2.45) is 0 Å². The summed E-state index contributed by atoms with van der Waals surface area (Å²) >= 11 is 0. The first kappa shape index (κ1) is 25.7. The third-order valence-electron chi connectivity index (χ3n) is 2.23. The summed E-state index contributed by atoms with van der Waals surface area (Å²) in [7, 11) is 0. The molecular weight excluding hydrogens is 296 g/mol. The van der Waals surface area contributed by atoms with Gasteiger partial charge in [-0.1, -0.05) is 25.7 Å². The Hall–Kier alpha value is -1.22. The highest BCUT2D eigenvalue weighted by molar-refractivity contribution is 5.66. The number of aliphatic hydroxyl groups excluding tert-OH is 4. The molecule has 134 valence electrons. The third kappa shape index (κ3) is 42.8. The average Bonchev–Trinajstić information content (AvgIpc) is 2.49. The van der Waals surface area contributed by atoms with E-state index in [2.05, 4.69) is 0 Å². The molecule has 22 heavy (non-hydrogen) atoms. The van der Waals surface area contributed by atoms with Crippen LogP contribution in [0.4, 0.5) is 0 Å². The minimum Gasteiger partial charge on any atom is -0.481 e. The molecule has 0 rings (SSSR count). The zero-order valence-electron chi connectivity index (χ0n) is 13.0. The first-order chi connectivity index (χ1) is 10.5. The molecule has 0 aromatic carbocycles. The van der Waals surface area contributed by atoms with E-state index in [1.165, 1.54) is 0 Å². The van der Waals surface area contributed by atoms with Gasteiger partial charge in [0.05, 0.1) is 26.4 Å². The minimum atomic E-state index is -0.740. The lowest BCUT2D eigenvalue weighted by molar-refractivity contribution is -0.138. The zero-order chi connectivity index (χ0) is 17.6. The highest BCUT2D eigenvalue weighted by Crippen LogP contribution is 2.08. The summed E-state index contributed by atoms with van der Waals surface area (Å²) in [6.45, 7) is -0.500. The van der Waals surface area contributed by atoms with Crippen molar-refractivity contribution in [1.82, 2.24) is 0 Å². The van der Waals surface area contributed by atoms with Gasteiger partial charge in [-0.05, 0) is 12.8 Å². The van der Waals surface area contributed by atoms with E-state index in [0.717, 1.165) is 38.5 Å². The van der Waals surface area contributed by atoms with Crippen LogP contribution in [-0.4, -0.2) is 69.0 Å². The Balaban J connectivity index is -0.000000372. The van der Waals surface area contributed by atoms with Gasteiger partial charge in [-0.3, -0.25) is 9.59 Å². The summed E-state index contributed by atoms with van der Waals surface area (Å²) in [4.78, 5) is 20.3. The Morgan fingerprint density at radius 2 is 0.727 bits per heavy atom. The number of unbranched alkanes of at least 4 members (excludes halogenated alkanes) is 5. The molecule has 0 heterocycles. The van der Waals surface area contributed by atoms with Crippen molar-refractivity contribution in [2.45, 2.75) is 51.4 Å². The second-order valence-corrected chi connectivity index (χ2v) is 4.30. The summed E-state index contributed by atoms with van der Waals surface area (Å²) in [5.41, 5.74) is 0.